The number of ether oxygens (including phenoxy) is 3. The molecule has 1 N–H and O–H groups in total. The second-order valence-electron chi connectivity index (χ2n) is 6.15. The zero-order chi connectivity index (χ0) is 17.2. The van der Waals surface area contributed by atoms with E-state index in [-0.39, 0.29) is 23.3 Å². The third-order valence-corrected chi connectivity index (χ3v) is 4.51. The van der Waals surface area contributed by atoms with Gasteiger partial charge >= 0.3 is 6.61 Å². The number of alkyl halides is 2. The van der Waals surface area contributed by atoms with Crippen LogP contribution in [0.3, 0.4) is 0 Å². The van der Waals surface area contributed by atoms with Crippen molar-refractivity contribution in [2.24, 2.45) is 7.05 Å². The fraction of sp³-hybridized carbons (Fsp3) is 0.733. The third-order valence-electron chi connectivity index (χ3n) is 4.51. The molecule has 24 heavy (non-hydrogen) atoms. The molecule has 0 saturated carbocycles. The van der Waals surface area contributed by atoms with Gasteiger partial charge in [-0.3, -0.25) is 4.79 Å². The summed E-state index contributed by atoms with van der Waals surface area (Å²) in [6, 6.07) is 1.19. The predicted octanol–water partition coefficient (Wildman–Crippen LogP) is 1.48. The first kappa shape index (κ1) is 17.1. The highest BCUT2D eigenvalue weighted by atomic mass is 19.3. The molecule has 1 amide bonds. The minimum Gasteiger partial charge on any atom is -0.417 e. The standard InChI is InChI=1S/C15H21F2N3O4/c1-20-12(23-14(16)17)8-11(19-20)13(21)18-9-10-2-3-15(24-10)4-6-22-7-5-15/h8,10,14H,2-7,9H2,1H3,(H,18,21). The molecule has 0 aliphatic carbocycles. The van der Waals surface area contributed by atoms with E-state index in [9.17, 15) is 13.6 Å². The first-order valence-corrected chi connectivity index (χ1v) is 8.00. The van der Waals surface area contributed by atoms with E-state index in [0.29, 0.717) is 19.8 Å². The molecule has 7 nitrogen and oxygen atoms in total. The molecule has 1 atom stereocenters. The molecule has 0 aromatic carbocycles. The molecular weight excluding hydrogens is 324 g/mol. The van der Waals surface area contributed by atoms with Crippen LogP contribution in [0.2, 0.25) is 0 Å². The Kier molecular flexibility index (Phi) is 5.00. The number of nitrogens with one attached hydrogen (secondary N) is 1. The van der Waals surface area contributed by atoms with Gasteiger partial charge < -0.3 is 19.5 Å². The Morgan fingerprint density at radius 1 is 1.50 bits per heavy atom. The van der Waals surface area contributed by atoms with Gasteiger partial charge in [-0.05, 0) is 25.7 Å². The zero-order valence-corrected chi connectivity index (χ0v) is 13.5. The fourth-order valence-corrected chi connectivity index (χ4v) is 3.21. The van der Waals surface area contributed by atoms with Crippen molar-refractivity contribution in [1.29, 1.82) is 0 Å². The van der Waals surface area contributed by atoms with Crippen LogP contribution < -0.4 is 10.1 Å². The normalized spacial score (nSPS) is 22.9. The van der Waals surface area contributed by atoms with Gasteiger partial charge in [0.15, 0.2) is 5.69 Å². The minimum atomic E-state index is -2.96. The molecule has 0 bridgehead atoms. The minimum absolute atomic E-state index is 0.0342. The number of nitrogens with zero attached hydrogens (tertiary/aromatic N) is 2. The molecule has 1 unspecified atom stereocenters. The SMILES string of the molecule is Cn1nc(C(=O)NCC2CCC3(CCOCC3)O2)cc1OC(F)F. The van der Waals surface area contributed by atoms with Gasteiger partial charge in [-0.25, -0.2) is 4.68 Å². The molecule has 2 saturated heterocycles. The maximum absolute atomic E-state index is 12.2. The number of carbonyl (C=O) groups excluding carboxylic acids is 1. The van der Waals surface area contributed by atoms with E-state index in [1.807, 2.05) is 0 Å². The maximum atomic E-state index is 12.2. The second kappa shape index (κ2) is 7.02. The average Bonchev–Trinajstić information content (AvgIpc) is 3.10. The second-order valence-corrected chi connectivity index (χ2v) is 6.15. The Bertz CT molecular complexity index is 587. The average molecular weight is 345 g/mol. The van der Waals surface area contributed by atoms with Crippen LogP contribution in [0.1, 0.15) is 36.2 Å². The lowest BCUT2D eigenvalue weighted by molar-refractivity contribution is -0.102. The molecule has 1 aromatic heterocycles. The van der Waals surface area contributed by atoms with Crippen LogP contribution in [0.15, 0.2) is 6.07 Å². The number of aromatic nitrogens is 2. The first-order valence-electron chi connectivity index (χ1n) is 8.00. The van der Waals surface area contributed by atoms with Crippen molar-refractivity contribution in [3.63, 3.8) is 0 Å². The van der Waals surface area contributed by atoms with Crippen molar-refractivity contribution in [2.45, 2.75) is 44.0 Å². The Balaban J connectivity index is 1.51. The highest BCUT2D eigenvalue weighted by Gasteiger charge is 2.41. The summed E-state index contributed by atoms with van der Waals surface area (Å²) in [4.78, 5) is 12.1. The Labute approximate surface area is 138 Å². The van der Waals surface area contributed by atoms with Crippen molar-refractivity contribution < 1.29 is 27.8 Å². The summed E-state index contributed by atoms with van der Waals surface area (Å²) in [6.07, 6.45) is 3.56. The van der Waals surface area contributed by atoms with Gasteiger partial charge in [-0.1, -0.05) is 0 Å². The van der Waals surface area contributed by atoms with Gasteiger partial charge in [0.2, 0.25) is 5.88 Å². The summed E-state index contributed by atoms with van der Waals surface area (Å²) in [5.74, 6) is -0.598. The number of hydrogen-bond acceptors (Lipinski definition) is 5. The van der Waals surface area contributed by atoms with E-state index in [4.69, 9.17) is 9.47 Å². The van der Waals surface area contributed by atoms with Gasteiger partial charge in [-0.2, -0.15) is 13.9 Å². The van der Waals surface area contributed by atoms with Crippen LogP contribution >= 0.6 is 0 Å². The smallest absolute Gasteiger partial charge is 0.388 e. The number of hydrogen-bond donors (Lipinski definition) is 1. The van der Waals surface area contributed by atoms with Crippen molar-refractivity contribution in [3.8, 4) is 5.88 Å². The van der Waals surface area contributed by atoms with Crippen molar-refractivity contribution >= 4 is 5.91 Å². The maximum Gasteiger partial charge on any atom is 0.388 e. The summed E-state index contributed by atoms with van der Waals surface area (Å²) in [5, 5.41) is 6.62. The van der Waals surface area contributed by atoms with Crippen LogP contribution in [0, 0.1) is 0 Å². The number of halogens is 2. The van der Waals surface area contributed by atoms with Gasteiger partial charge in [-0.15, -0.1) is 0 Å². The molecule has 134 valence electrons. The molecule has 3 heterocycles. The van der Waals surface area contributed by atoms with E-state index in [2.05, 4.69) is 15.2 Å². The number of aryl methyl sites for hydroxylation is 1. The lowest BCUT2D eigenvalue weighted by Gasteiger charge is -2.33. The van der Waals surface area contributed by atoms with E-state index in [0.717, 1.165) is 30.4 Å². The van der Waals surface area contributed by atoms with Gasteiger partial charge in [0.05, 0.1) is 11.7 Å². The van der Waals surface area contributed by atoms with Crippen LogP contribution in [0.5, 0.6) is 5.88 Å². The molecular formula is C15H21F2N3O4. The quantitative estimate of drug-likeness (QED) is 0.875. The largest absolute Gasteiger partial charge is 0.417 e. The van der Waals surface area contributed by atoms with Gasteiger partial charge in [0.1, 0.15) is 0 Å². The Hall–Kier alpha value is -1.74. The molecule has 9 heteroatoms. The topological polar surface area (TPSA) is 74.6 Å². The van der Waals surface area contributed by atoms with Crippen molar-refractivity contribution in [3.05, 3.63) is 11.8 Å². The zero-order valence-electron chi connectivity index (χ0n) is 13.5. The molecule has 1 aromatic rings. The van der Waals surface area contributed by atoms with E-state index in [1.165, 1.54) is 13.1 Å². The van der Waals surface area contributed by atoms with Crippen LogP contribution in [-0.2, 0) is 16.5 Å². The molecule has 3 rings (SSSR count). The monoisotopic (exact) mass is 345 g/mol. The molecule has 2 aliphatic rings. The summed E-state index contributed by atoms with van der Waals surface area (Å²) in [6.45, 7) is -1.18. The summed E-state index contributed by atoms with van der Waals surface area (Å²) < 4.78 is 41.4. The summed E-state index contributed by atoms with van der Waals surface area (Å²) in [5.41, 5.74) is -0.0800. The lowest BCUT2D eigenvalue weighted by atomic mass is 9.91. The molecule has 1 spiro atoms. The Morgan fingerprint density at radius 2 is 2.25 bits per heavy atom. The lowest BCUT2D eigenvalue weighted by Crippen LogP contribution is -2.39. The van der Waals surface area contributed by atoms with Gasteiger partial charge in [0, 0.05) is 32.9 Å². The van der Waals surface area contributed by atoms with E-state index in [1.54, 1.807) is 0 Å². The van der Waals surface area contributed by atoms with Crippen molar-refractivity contribution in [1.82, 2.24) is 15.1 Å². The highest BCUT2D eigenvalue weighted by Crippen LogP contribution is 2.38. The first-order chi connectivity index (χ1) is 11.5. The number of carbonyl (C=O) groups is 1. The van der Waals surface area contributed by atoms with Crippen molar-refractivity contribution in [2.75, 3.05) is 19.8 Å². The van der Waals surface area contributed by atoms with Crippen LogP contribution in [0.25, 0.3) is 0 Å². The molecule has 0 radical (unpaired) electrons. The van der Waals surface area contributed by atoms with E-state index >= 15 is 0 Å². The molecule has 2 aliphatic heterocycles. The number of rotatable bonds is 5. The number of amides is 1. The summed E-state index contributed by atoms with van der Waals surface area (Å²) >= 11 is 0. The van der Waals surface area contributed by atoms with E-state index < -0.39 is 12.5 Å². The third kappa shape index (κ3) is 3.84. The predicted molar refractivity (Wildman–Crippen MR) is 79.1 cm³/mol. The summed E-state index contributed by atoms with van der Waals surface area (Å²) in [7, 11) is 1.43. The fourth-order valence-electron chi connectivity index (χ4n) is 3.21. The Morgan fingerprint density at radius 3 is 2.96 bits per heavy atom. The van der Waals surface area contributed by atoms with Crippen LogP contribution in [-0.4, -0.2) is 53.8 Å². The molecule has 2 fully saturated rings. The van der Waals surface area contributed by atoms with Crippen LogP contribution in [0.4, 0.5) is 8.78 Å². The van der Waals surface area contributed by atoms with Gasteiger partial charge in [0.25, 0.3) is 5.91 Å². The highest BCUT2D eigenvalue weighted by molar-refractivity contribution is 5.92.